The molecule has 0 atom stereocenters. The molecule has 112 valence electrons. The zero-order valence-corrected chi connectivity index (χ0v) is 11.7. The minimum absolute atomic E-state index is 0.218. The van der Waals surface area contributed by atoms with Crippen molar-refractivity contribution in [3.63, 3.8) is 0 Å². The van der Waals surface area contributed by atoms with Crippen LogP contribution in [-0.4, -0.2) is 25.0 Å². The van der Waals surface area contributed by atoms with Gasteiger partial charge in [-0.25, -0.2) is 17.2 Å². The van der Waals surface area contributed by atoms with Gasteiger partial charge in [0.2, 0.25) is 10.0 Å². The van der Waals surface area contributed by atoms with Crippen molar-refractivity contribution < 1.29 is 22.1 Å². The van der Waals surface area contributed by atoms with E-state index in [0.717, 1.165) is 0 Å². The van der Waals surface area contributed by atoms with E-state index in [4.69, 9.17) is 11.6 Å². The van der Waals surface area contributed by atoms with Gasteiger partial charge in [-0.2, -0.15) is 0 Å². The van der Waals surface area contributed by atoms with Crippen LogP contribution in [0.4, 0.5) is 20.2 Å². The number of nitro groups is 1. The second-order valence-electron chi connectivity index (χ2n) is 3.86. The van der Waals surface area contributed by atoms with Crippen molar-refractivity contribution in [2.24, 2.45) is 0 Å². The van der Waals surface area contributed by atoms with Crippen LogP contribution in [0.3, 0.4) is 0 Å². The van der Waals surface area contributed by atoms with Crippen LogP contribution in [-0.2, 0) is 10.0 Å². The van der Waals surface area contributed by atoms with E-state index in [9.17, 15) is 27.3 Å². The second kappa shape index (κ2) is 6.80. The molecular formula is C10H11ClF2N2O4S. The second-order valence-corrected chi connectivity index (χ2v) is 6.08. The summed E-state index contributed by atoms with van der Waals surface area (Å²) in [6.45, 7) is 0. The van der Waals surface area contributed by atoms with E-state index in [0.29, 0.717) is 18.6 Å². The van der Waals surface area contributed by atoms with E-state index >= 15 is 0 Å². The van der Waals surface area contributed by atoms with Gasteiger partial charge in [-0.1, -0.05) is 0 Å². The third-order valence-corrected chi connectivity index (χ3v) is 3.89. The molecule has 0 aliphatic rings. The van der Waals surface area contributed by atoms with Gasteiger partial charge in [0.15, 0.2) is 11.5 Å². The molecule has 6 nitrogen and oxygen atoms in total. The molecule has 20 heavy (non-hydrogen) atoms. The van der Waals surface area contributed by atoms with Crippen molar-refractivity contribution in [3.8, 4) is 0 Å². The Morgan fingerprint density at radius 2 is 1.95 bits per heavy atom. The number of hydrogen-bond donors (Lipinski definition) is 1. The van der Waals surface area contributed by atoms with Gasteiger partial charge >= 0.3 is 0 Å². The normalized spacial score (nSPS) is 11.3. The monoisotopic (exact) mass is 328 g/mol. The van der Waals surface area contributed by atoms with E-state index < -0.39 is 38.0 Å². The summed E-state index contributed by atoms with van der Waals surface area (Å²) in [5.74, 6) is -2.62. The zero-order valence-electron chi connectivity index (χ0n) is 10.1. The molecule has 0 bridgehead atoms. The predicted molar refractivity (Wildman–Crippen MR) is 70.4 cm³/mol. The molecule has 0 fully saturated rings. The van der Waals surface area contributed by atoms with Crippen LogP contribution < -0.4 is 4.72 Å². The number of anilines is 1. The first-order valence-corrected chi connectivity index (χ1v) is 7.65. The number of nitrogens with zero attached hydrogens (tertiary/aromatic N) is 1. The zero-order chi connectivity index (χ0) is 15.3. The number of alkyl halides is 1. The summed E-state index contributed by atoms with van der Waals surface area (Å²) in [5.41, 5.74) is -1.86. The number of nitro benzene ring substituents is 1. The van der Waals surface area contributed by atoms with E-state index in [1.807, 2.05) is 0 Å². The molecule has 0 spiro atoms. The Kier molecular flexibility index (Phi) is 5.63. The van der Waals surface area contributed by atoms with Crippen molar-refractivity contribution in [2.75, 3.05) is 16.4 Å². The summed E-state index contributed by atoms with van der Waals surface area (Å²) in [6.07, 6.45) is 0.645. The van der Waals surface area contributed by atoms with Gasteiger partial charge in [-0.05, 0) is 12.8 Å². The van der Waals surface area contributed by atoms with Gasteiger partial charge in [0.1, 0.15) is 5.82 Å². The van der Waals surface area contributed by atoms with E-state index in [2.05, 4.69) is 0 Å². The lowest BCUT2D eigenvalue weighted by Crippen LogP contribution is -2.18. The van der Waals surface area contributed by atoms with Gasteiger partial charge in [-0.3, -0.25) is 14.8 Å². The fourth-order valence-electron chi connectivity index (χ4n) is 1.40. The van der Waals surface area contributed by atoms with Crippen LogP contribution >= 0.6 is 11.6 Å². The minimum Gasteiger partial charge on any atom is -0.275 e. The highest BCUT2D eigenvalue weighted by Gasteiger charge is 2.24. The molecule has 0 radical (unpaired) electrons. The molecule has 0 amide bonds. The SMILES string of the molecule is O=[N+]([O-])c1cc(F)cc(F)c1NS(=O)(=O)CCCCCl. The first-order valence-electron chi connectivity index (χ1n) is 5.46. The van der Waals surface area contributed by atoms with Crippen LogP contribution in [0.15, 0.2) is 12.1 Å². The van der Waals surface area contributed by atoms with Crippen LogP contribution in [0.1, 0.15) is 12.8 Å². The summed E-state index contributed by atoms with van der Waals surface area (Å²) in [5, 5.41) is 10.7. The number of hydrogen-bond acceptors (Lipinski definition) is 4. The number of sulfonamides is 1. The van der Waals surface area contributed by atoms with E-state index in [1.54, 1.807) is 4.72 Å². The topological polar surface area (TPSA) is 89.3 Å². The quantitative estimate of drug-likeness (QED) is 0.360. The smallest absolute Gasteiger partial charge is 0.275 e. The molecule has 1 rings (SSSR count). The van der Waals surface area contributed by atoms with Gasteiger partial charge in [0, 0.05) is 11.9 Å². The highest BCUT2D eigenvalue weighted by Crippen LogP contribution is 2.29. The van der Waals surface area contributed by atoms with Gasteiger partial charge in [0.25, 0.3) is 5.69 Å². The summed E-state index contributed by atoms with van der Waals surface area (Å²) in [7, 11) is -3.97. The molecular weight excluding hydrogens is 318 g/mol. The van der Waals surface area contributed by atoms with Crippen molar-refractivity contribution in [1.29, 1.82) is 0 Å². The molecule has 1 aromatic carbocycles. The average molecular weight is 329 g/mol. The highest BCUT2D eigenvalue weighted by atomic mass is 35.5. The Labute approximate surface area is 118 Å². The maximum absolute atomic E-state index is 13.5. The van der Waals surface area contributed by atoms with Crippen LogP contribution in [0.2, 0.25) is 0 Å². The Morgan fingerprint density at radius 1 is 1.30 bits per heavy atom. The summed E-state index contributed by atoms with van der Waals surface area (Å²) in [4.78, 5) is 9.63. The lowest BCUT2D eigenvalue weighted by atomic mass is 10.2. The third-order valence-electron chi connectivity index (χ3n) is 2.29. The molecule has 0 saturated carbocycles. The Hall–Kier alpha value is -1.48. The number of rotatable bonds is 7. The first kappa shape index (κ1) is 16.6. The molecule has 0 aromatic heterocycles. The summed E-state index contributed by atoms with van der Waals surface area (Å²) < 4.78 is 51.5. The van der Waals surface area contributed by atoms with Crippen molar-refractivity contribution in [1.82, 2.24) is 0 Å². The van der Waals surface area contributed by atoms with Gasteiger partial charge in [0.05, 0.1) is 16.7 Å². The van der Waals surface area contributed by atoms with Crippen LogP contribution in [0.5, 0.6) is 0 Å². The van der Waals surface area contributed by atoms with Gasteiger partial charge in [-0.15, -0.1) is 11.6 Å². The van der Waals surface area contributed by atoms with Crippen LogP contribution in [0.25, 0.3) is 0 Å². The lowest BCUT2D eigenvalue weighted by Gasteiger charge is -2.09. The fourth-order valence-corrected chi connectivity index (χ4v) is 2.79. The largest absolute Gasteiger partial charge is 0.299 e. The molecule has 1 N–H and O–H groups in total. The average Bonchev–Trinajstić information content (AvgIpc) is 2.32. The lowest BCUT2D eigenvalue weighted by molar-refractivity contribution is -0.384. The number of nitrogens with one attached hydrogen (secondary N) is 1. The Morgan fingerprint density at radius 3 is 2.50 bits per heavy atom. The van der Waals surface area contributed by atoms with Crippen molar-refractivity contribution in [3.05, 3.63) is 33.9 Å². The van der Waals surface area contributed by atoms with Crippen molar-refractivity contribution in [2.45, 2.75) is 12.8 Å². The Bertz CT molecular complexity index is 610. The molecule has 10 heteroatoms. The fraction of sp³-hybridized carbons (Fsp3) is 0.400. The maximum atomic E-state index is 13.5. The summed E-state index contributed by atoms with van der Waals surface area (Å²) in [6, 6.07) is 0.809. The van der Waals surface area contributed by atoms with Crippen LogP contribution in [0, 0.1) is 21.7 Å². The molecule has 0 heterocycles. The number of benzene rings is 1. The molecule has 0 saturated heterocycles. The molecule has 1 aromatic rings. The number of unbranched alkanes of at least 4 members (excludes halogenated alkanes) is 1. The third kappa shape index (κ3) is 4.57. The standard InChI is InChI=1S/C10H11ClF2N2O4S/c11-3-1-2-4-20(18,19)14-10-8(13)5-7(12)6-9(10)15(16)17/h5-6,14H,1-4H2. The summed E-state index contributed by atoms with van der Waals surface area (Å²) >= 11 is 5.39. The predicted octanol–water partition coefficient (Wildman–Crippen LogP) is 2.63. The van der Waals surface area contributed by atoms with Crippen molar-refractivity contribution >= 4 is 33.0 Å². The molecule has 0 aliphatic heterocycles. The maximum Gasteiger partial charge on any atom is 0.299 e. The highest BCUT2D eigenvalue weighted by molar-refractivity contribution is 7.92. The minimum atomic E-state index is -3.97. The molecule has 0 aliphatic carbocycles. The van der Waals surface area contributed by atoms with E-state index in [-0.39, 0.29) is 18.1 Å². The molecule has 0 unspecified atom stereocenters. The van der Waals surface area contributed by atoms with Gasteiger partial charge < -0.3 is 0 Å². The van der Waals surface area contributed by atoms with E-state index in [1.165, 1.54) is 0 Å². The Balaban J connectivity index is 3.05. The first-order chi connectivity index (χ1) is 9.26. The number of halogens is 3.